The number of carbonyl (C=O) groups excluding carboxylic acids is 1. The second-order valence-electron chi connectivity index (χ2n) is 7.13. The molecular formula is C20H22ClN5O2S. The Morgan fingerprint density at radius 2 is 2.14 bits per heavy atom. The fourth-order valence-corrected chi connectivity index (χ4v) is 4.07. The molecular weight excluding hydrogens is 410 g/mol. The van der Waals surface area contributed by atoms with Crippen molar-refractivity contribution in [1.82, 2.24) is 24.6 Å². The highest BCUT2D eigenvalue weighted by atomic mass is 35.5. The fraction of sp³-hybridized carbons (Fsp3) is 0.400. The van der Waals surface area contributed by atoms with Crippen LogP contribution >= 0.6 is 23.4 Å². The van der Waals surface area contributed by atoms with Gasteiger partial charge in [-0.1, -0.05) is 41.6 Å². The number of rotatable bonds is 8. The number of fused-ring (bicyclic) bond motifs is 1. The molecule has 29 heavy (non-hydrogen) atoms. The molecule has 1 N–H and O–H groups in total. The van der Waals surface area contributed by atoms with E-state index in [4.69, 9.17) is 11.6 Å². The number of amides is 1. The van der Waals surface area contributed by atoms with Crippen molar-refractivity contribution in [3.8, 4) is 0 Å². The van der Waals surface area contributed by atoms with Crippen LogP contribution in [0.2, 0.25) is 5.02 Å². The molecule has 2 aromatic heterocycles. The van der Waals surface area contributed by atoms with Crippen molar-refractivity contribution < 1.29 is 4.79 Å². The van der Waals surface area contributed by atoms with E-state index in [2.05, 4.69) is 15.4 Å². The number of carbonyl (C=O) groups is 1. The van der Waals surface area contributed by atoms with Crippen molar-refractivity contribution in [3.63, 3.8) is 0 Å². The highest BCUT2D eigenvalue weighted by Gasteiger charge is 2.25. The third kappa shape index (κ3) is 4.64. The lowest BCUT2D eigenvalue weighted by molar-refractivity contribution is -0.118. The Balaban J connectivity index is 1.49. The number of hydrogen-bond donors (Lipinski definition) is 1. The van der Waals surface area contributed by atoms with Gasteiger partial charge in [-0.15, -0.1) is 0 Å². The van der Waals surface area contributed by atoms with Crippen LogP contribution in [0, 0.1) is 5.92 Å². The first-order valence-electron chi connectivity index (χ1n) is 9.66. The van der Waals surface area contributed by atoms with Gasteiger partial charge in [0, 0.05) is 24.7 Å². The molecule has 1 saturated carbocycles. The molecule has 0 aliphatic heterocycles. The van der Waals surface area contributed by atoms with Crippen LogP contribution in [0.5, 0.6) is 0 Å². The summed E-state index contributed by atoms with van der Waals surface area (Å²) < 4.78 is 3.39. The highest BCUT2D eigenvalue weighted by molar-refractivity contribution is 7.99. The zero-order valence-electron chi connectivity index (χ0n) is 16.1. The number of aromatic nitrogens is 4. The molecule has 0 spiro atoms. The lowest BCUT2D eigenvalue weighted by Crippen LogP contribution is -2.27. The largest absolute Gasteiger partial charge is 0.351 e. The van der Waals surface area contributed by atoms with Gasteiger partial charge in [-0.05, 0) is 37.3 Å². The number of benzene rings is 1. The van der Waals surface area contributed by atoms with Gasteiger partial charge in [0.05, 0.1) is 11.9 Å². The number of nitrogens with one attached hydrogen (secondary N) is 1. The lowest BCUT2D eigenvalue weighted by Gasteiger charge is -2.11. The van der Waals surface area contributed by atoms with Gasteiger partial charge in [-0.3, -0.25) is 18.8 Å². The van der Waals surface area contributed by atoms with Crippen LogP contribution in [0.25, 0.3) is 11.0 Å². The SMILES string of the molecule is CCn1cc2nc(SCC(=O)NCc3ccccc3Cl)n(CC3CC3)c(=O)c2n1. The average molecular weight is 432 g/mol. The summed E-state index contributed by atoms with van der Waals surface area (Å²) in [6.45, 7) is 3.63. The number of hydrogen-bond acceptors (Lipinski definition) is 5. The Labute approximate surface area is 177 Å². The van der Waals surface area contributed by atoms with Crippen LogP contribution < -0.4 is 10.9 Å². The number of thioether (sulfide) groups is 1. The Morgan fingerprint density at radius 3 is 2.86 bits per heavy atom. The van der Waals surface area contributed by atoms with Crippen LogP contribution in [0.15, 0.2) is 40.4 Å². The molecule has 1 aliphatic carbocycles. The number of nitrogens with zero attached hydrogens (tertiary/aromatic N) is 4. The van der Waals surface area contributed by atoms with Crippen molar-refractivity contribution in [1.29, 1.82) is 0 Å². The highest BCUT2D eigenvalue weighted by Crippen LogP contribution is 2.31. The summed E-state index contributed by atoms with van der Waals surface area (Å²) in [4.78, 5) is 29.9. The van der Waals surface area contributed by atoms with E-state index in [1.807, 2.05) is 25.1 Å². The molecule has 1 aromatic carbocycles. The third-order valence-corrected chi connectivity index (χ3v) is 6.21. The molecule has 0 saturated heterocycles. The predicted molar refractivity (Wildman–Crippen MR) is 114 cm³/mol. The summed E-state index contributed by atoms with van der Waals surface area (Å²) >= 11 is 7.41. The van der Waals surface area contributed by atoms with Crippen LogP contribution in [0.4, 0.5) is 0 Å². The molecule has 2 heterocycles. The molecule has 0 bridgehead atoms. The summed E-state index contributed by atoms with van der Waals surface area (Å²) in [6.07, 6.45) is 4.02. The lowest BCUT2D eigenvalue weighted by atomic mass is 10.2. The zero-order chi connectivity index (χ0) is 20.4. The second kappa shape index (κ2) is 8.59. The van der Waals surface area contributed by atoms with Crippen molar-refractivity contribution in [2.75, 3.05) is 5.75 Å². The molecule has 0 atom stereocenters. The van der Waals surface area contributed by atoms with E-state index in [9.17, 15) is 9.59 Å². The van der Waals surface area contributed by atoms with Crippen molar-refractivity contribution in [2.45, 2.75) is 44.6 Å². The van der Waals surface area contributed by atoms with E-state index in [-0.39, 0.29) is 17.2 Å². The van der Waals surface area contributed by atoms with E-state index >= 15 is 0 Å². The minimum Gasteiger partial charge on any atom is -0.351 e. The van der Waals surface area contributed by atoms with E-state index in [0.717, 1.165) is 18.4 Å². The van der Waals surface area contributed by atoms with E-state index in [1.54, 1.807) is 21.5 Å². The van der Waals surface area contributed by atoms with Gasteiger partial charge in [0.2, 0.25) is 5.91 Å². The quantitative estimate of drug-likeness (QED) is 0.438. The Bertz CT molecular complexity index is 1110. The first kappa shape index (κ1) is 20.0. The Hall–Kier alpha value is -2.32. The van der Waals surface area contributed by atoms with Gasteiger partial charge in [-0.25, -0.2) is 4.98 Å². The monoisotopic (exact) mass is 431 g/mol. The van der Waals surface area contributed by atoms with Crippen LogP contribution in [0.3, 0.4) is 0 Å². The molecule has 1 aliphatic rings. The second-order valence-corrected chi connectivity index (χ2v) is 8.48. The van der Waals surface area contributed by atoms with Gasteiger partial charge in [0.25, 0.3) is 5.56 Å². The first-order chi connectivity index (χ1) is 14.0. The standard InChI is InChI=1S/C20H22ClN5O2S/c1-2-25-11-16-18(24-25)19(28)26(10-13-7-8-13)20(23-16)29-12-17(27)22-9-14-5-3-4-6-15(14)21/h3-6,11,13H,2,7-10,12H2,1H3,(H,22,27). The van der Waals surface area contributed by atoms with E-state index in [1.165, 1.54) is 11.8 Å². The molecule has 9 heteroatoms. The minimum atomic E-state index is -0.133. The predicted octanol–water partition coefficient (Wildman–Crippen LogP) is 3.08. The van der Waals surface area contributed by atoms with E-state index < -0.39 is 0 Å². The maximum atomic E-state index is 13.0. The number of aryl methyl sites for hydroxylation is 1. The molecule has 1 fully saturated rings. The summed E-state index contributed by atoms with van der Waals surface area (Å²) in [5.41, 5.74) is 1.70. The Kier molecular flexibility index (Phi) is 5.91. The molecule has 7 nitrogen and oxygen atoms in total. The van der Waals surface area contributed by atoms with Crippen LogP contribution in [-0.4, -0.2) is 31.0 Å². The first-order valence-corrected chi connectivity index (χ1v) is 11.0. The Morgan fingerprint density at radius 1 is 1.34 bits per heavy atom. The van der Waals surface area contributed by atoms with Gasteiger partial charge in [0.15, 0.2) is 10.7 Å². The van der Waals surface area contributed by atoms with Crippen molar-refractivity contribution in [2.24, 2.45) is 5.92 Å². The summed E-state index contributed by atoms with van der Waals surface area (Å²) in [7, 11) is 0. The number of halogens is 1. The van der Waals surface area contributed by atoms with Gasteiger partial charge in [-0.2, -0.15) is 5.10 Å². The molecule has 0 radical (unpaired) electrons. The minimum absolute atomic E-state index is 0.131. The molecule has 4 rings (SSSR count). The maximum Gasteiger partial charge on any atom is 0.282 e. The molecule has 3 aromatic rings. The molecule has 1 amide bonds. The summed E-state index contributed by atoms with van der Waals surface area (Å²) in [6, 6.07) is 7.41. The average Bonchev–Trinajstić information content (AvgIpc) is 3.44. The molecule has 152 valence electrons. The zero-order valence-corrected chi connectivity index (χ0v) is 17.7. The molecule has 0 unspecified atom stereocenters. The summed E-state index contributed by atoms with van der Waals surface area (Å²) in [5.74, 6) is 0.551. The van der Waals surface area contributed by atoms with E-state index in [0.29, 0.717) is 46.8 Å². The fourth-order valence-electron chi connectivity index (χ4n) is 3.03. The maximum absolute atomic E-state index is 13.0. The van der Waals surface area contributed by atoms with Gasteiger partial charge < -0.3 is 5.32 Å². The van der Waals surface area contributed by atoms with Gasteiger partial charge in [0.1, 0.15) is 5.52 Å². The van der Waals surface area contributed by atoms with Crippen LogP contribution in [-0.2, 0) is 24.4 Å². The third-order valence-electron chi connectivity index (χ3n) is 4.87. The van der Waals surface area contributed by atoms with Gasteiger partial charge >= 0.3 is 0 Å². The van der Waals surface area contributed by atoms with Crippen LogP contribution in [0.1, 0.15) is 25.3 Å². The van der Waals surface area contributed by atoms with Crippen molar-refractivity contribution in [3.05, 3.63) is 51.4 Å². The topological polar surface area (TPSA) is 81.8 Å². The summed E-state index contributed by atoms with van der Waals surface area (Å²) in [5, 5.41) is 8.41. The normalized spacial score (nSPS) is 13.7. The smallest absolute Gasteiger partial charge is 0.282 e. The van der Waals surface area contributed by atoms with Crippen molar-refractivity contribution >= 4 is 40.3 Å².